The van der Waals surface area contributed by atoms with Crippen molar-refractivity contribution < 1.29 is 22.5 Å². The number of ether oxygens (including phenoxy) is 1. The summed E-state index contributed by atoms with van der Waals surface area (Å²) in [7, 11) is -1.39. The van der Waals surface area contributed by atoms with Gasteiger partial charge in [0.2, 0.25) is 5.91 Å². The van der Waals surface area contributed by atoms with Gasteiger partial charge in [-0.3, -0.25) is 9.00 Å². The third kappa shape index (κ3) is 11.1. The van der Waals surface area contributed by atoms with Crippen molar-refractivity contribution in [2.45, 2.75) is 79.2 Å². The first-order valence-corrected chi connectivity index (χ1v) is 13.2. The fourth-order valence-corrected chi connectivity index (χ4v) is 3.60. The normalized spacial score (nSPS) is 13.9. The third-order valence-electron chi connectivity index (χ3n) is 4.58. The first kappa shape index (κ1) is 31.5. The lowest BCUT2D eigenvalue weighted by Crippen LogP contribution is -2.18. The molecule has 1 aromatic rings. The standard InChI is InChI=1S/C25H33F2NO3S.C2H6/c1-7-10-12-23(19-13-21(31-25(26)27)16-22(14-19)32(6)30)24(17(4)9-3)15-20(11-8-2)28-18(5)29;1-2/h9,11-16,25H,7-8,10H2,1-6H3,(H,28,29);1-2H3/b17-9-,20-11-,23-12-,24-15+;. The van der Waals surface area contributed by atoms with Crippen LogP contribution in [0, 0.1) is 0 Å². The zero-order valence-corrected chi connectivity index (χ0v) is 22.4. The number of carbonyl (C=O) groups is 1. The van der Waals surface area contributed by atoms with E-state index in [0.29, 0.717) is 16.2 Å². The summed E-state index contributed by atoms with van der Waals surface area (Å²) in [5.74, 6) is -0.234. The molecule has 1 aromatic carbocycles. The number of benzene rings is 1. The maximum Gasteiger partial charge on any atom is 0.387 e. The number of rotatable bonds is 11. The number of unbranched alkanes of at least 4 members (excludes halogenated alkanes) is 1. The molecule has 34 heavy (non-hydrogen) atoms. The summed E-state index contributed by atoms with van der Waals surface area (Å²) in [6.45, 7) is 10.3. The van der Waals surface area contributed by atoms with E-state index in [1.165, 1.54) is 25.3 Å². The van der Waals surface area contributed by atoms with E-state index in [1.54, 1.807) is 6.07 Å². The topological polar surface area (TPSA) is 55.4 Å². The highest BCUT2D eigenvalue weighted by Crippen LogP contribution is 2.34. The zero-order chi connectivity index (χ0) is 26.3. The van der Waals surface area contributed by atoms with Gasteiger partial charge >= 0.3 is 6.61 Å². The number of halogens is 2. The molecule has 190 valence electrons. The number of amides is 1. The molecule has 0 fully saturated rings. The fraction of sp³-hybridized carbons (Fsp3) is 0.444. The van der Waals surface area contributed by atoms with Crippen LogP contribution < -0.4 is 10.1 Å². The predicted octanol–water partition coefficient (Wildman–Crippen LogP) is 7.56. The summed E-state index contributed by atoms with van der Waals surface area (Å²) >= 11 is 0. The van der Waals surface area contributed by atoms with Gasteiger partial charge < -0.3 is 10.1 Å². The van der Waals surface area contributed by atoms with Crippen LogP contribution in [-0.2, 0) is 15.6 Å². The summed E-state index contributed by atoms with van der Waals surface area (Å²) in [4.78, 5) is 12.1. The molecule has 1 rings (SSSR count). The number of hydrogen-bond acceptors (Lipinski definition) is 3. The van der Waals surface area contributed by atoms with Crippen LogP contribution in [-0.4, -0.2) is 23.0 Å². The Morgan fingerprint density at radius 1 is 1.15 bits per heavy atom. The zero-order valence-electron chi connectivity index (χ0n) is 21.6. The first-order chi connectivity index (χ1) is 16.1. The van der Waals surface area contributed by atoms with Crippen molar-refractivity contribution in [2.75, 3.05) is 6.26 Å². The maximum atomic E-state index is 12.9. The van der Waals surface area contributed by atoms with Crippen LogP contribution in [0.1, 0.15) is 73.3 Å². The fourth-order valence-electron chi connectivity index (χ4n) is 3.02. The third-order valence-corrected chi connectivity index (χ3v) is 5.48. The molecule has 0 spiro atoms. The molecule has 1 N–H and O–H groups in total. The second-order valence-electron chi connectivity index (χ2n) is 7.21. The van der Waals surface area contributed by atoms with Gasteiger partial charge in [-0.1, -0.05) is 52.3 Å². The second kappa shape index (κ2) is 17.0. The summed E-state index contributed by atoms with van der Waals surface area (Å²) < 4.78 is 42.7. The lowest BCUT2D eigenvalue weighted by Gasteiger charge is -2.18. The monoisotopic (exact) mass is 495 g/mol. The number of carbonyl (C=O) groups excluding carboxylic acids is 1. The van der Waals surface area contributed by atoms with E-state index in [-0.39, 0.29) is 11.7 Å². The number of hydrogen-bond donors (Lipinski definition) is 1. The second-order valence-corrected chi connectivity index (χ2v) is 8.59. The minimum Gasteiger partial charge on any atom is -0.435 e. The highest BCUT2D eigenvalue weighted by atomic mass is 32.2. The van der Waals surface area contributed by atoms with Crippen molar-refractivity contribution in [3.05, 3.63) is 64.9 Å². The molecule has 0 bridgehead atoms. The van der Waals surface area contributed by atoms with E-state index < -0.39 is 17.4 Å². The van der Waals surface area contributed by atoms with E-state index in [2.05, 4.69) is 10.1 Å². The van der Waals surface area contributed by atoms with E-state index in [1.807, 2.05) is 65.8 Å². The summed E-state index contributed by atoms with van der Waals surface area (Å²) in [5.41, 5.74) is 3.84. The van der Waals surface area contributed by atoms with E-state index in [9.17, 15) is 17.8 Å². The Hall–Kier alpha value is -2.54. The lowest BCUT2D eigenvalue weighted by molar-refractivity contribution is -0.118. The number of nitrogens with one attached hydrogen (secondary N) is 1. The van der Waals surface area contributed by atoms with Crippen molar-refractivity contribution in [1.82, 2.24) is 5.32 Å². The average molecular weight is 496 g/mol. The summed E-state index contributed by atoms with van der Waals surface area (Å²) in [5, 5.41) is 2.84. The van der Waals surface area contributed by atoms with Crippen molar-refractivity contribution >= 4 is 22.3 Å². The van der Waals surface area contributed by atoms with Crippen LogP contribution >= 0.6 is 0 Å². The van der Waals surface area contributed by atoms with Crippen LogP contribution in [0.15, 0.2) is 64.2 Å². The van der Waals surface area contributed by atoms with Crippen LogP contribution in [0.3, 0.4) is 0 Å². The highest BCUT2D eigenvalue weighted by Gasteiger charge is 2.16. The number of alkyl halides is 2. The van der Waals surface area contributed by atoms with Gasteiger partial charge in [-0.15, -0.1) is 0 Å². The van der Waals surface area contributed by atoms with Gasteiger partial charge in [0.25, 0.3) is 0 Å². The van der Waals surface area contributed by atoms with Gasteiger partial charge in [0, 0.05) is 34.6 Å². The Bertz CT molecular complexity index is 947. The van der Waals surface area contributed by atoms with Crippen molar-refractivity contribution in [2.24, 2.45) is 0 Å². The lowest BCUT2D eigenvalue weighted by atomic mass is 9.90. The van der Waals surface area contributed by atoms with Crippen LogP contribution in [0.2, 0.25) is 0 Å². The Morgan fingerprint density at radius 3 is 2.26 bits per heavy atom. The molecular weight excluding hydrogens is 456 g/mol. The molecule has 1 unspecified atom stereocenters. The molecule has 0 saturated carbocycles. The van der Waals surface area contributed by atoms with E-state index in [4.69, 9.17) is 0 Å². The smallest absolute Gasteiger partial charge is 0.387 e. The largest absolute Gasteiger partial charge is 0.435 e. The minimum atomic E-state index is -2.99. The minimum absolute atomic E-state index is 0.0474. The van der Waals surface area contributed by atoms with Crippen molar-refractivity contribution in [3.8, 4) is 5.75 Å². The van der Waals surface area contributed by atoms with Crippen LogP contribution in [0.5, 0.6) is 5.75 Å². The summed E-state index contributed by atoms with van der Waals surface area (Å²) in [6, 6.07) is 4.63. The van der Waals surface area contributed by atoms with E-state index in [0.717, 1.165) is 36.0 Å². The molecular formula is C27H39F2NO3S. The SMILES string of the molecule is CC.C\C=C(C)/C(=C\C(=C\CC)NC(C)=O)C(=C\CCC)/c1cc(OC(F)F)cc(S(C)=O)c1. The molecule has 0 aliphatic rings. The van der Waals surface area contributed by atoms with Gasteiger partial charge in [0.05, 0.1) is 0 Å². The van der Waals surface area contributed by atoms with Gasteiger partial charge in [0.15, 0.2) is 0 Å². The highest BCUT2D eigenvalue weighted by molar-refractivity contribution is 7.84. The molecule has 0 radical (unpaired) electrons. The maximum absolute atomic E-state index is 12.9. The quantitative estimate of drug-likeness (QED) is 0.322. The molecule has 0 heterocycles. The van der Waals surface area contributed by atoms with Crippen LogP contribution in [0.4, 0.5) is 8.78 Å². The average Bonchev–Trinajstić information content (AvgIpc) is 2.78. The molecule has 1 amide bonds. The van der Waals surface area contributed by atoms with E-state index >= 15 is 0 Å². The summed E-state index contributed by atoms with van der Waals surface area (Å²) in [6.07, 6.45) is 11.6. The molecule has 7 heteroatoms. The molecule has 0 aromatic heterocycles. The molecule has 4 nitrogen and oxygen atoms in total. The van der Waals surface area contributed by atoms with Crippen molar-refractivity contribution in [3.63, 3.8) is 0 Å². The molecule has 1 atom stereocenters. The Kier molecular flexibility index (Phi) is 15.7. The molecule has 0 saturated heterocycles. The molecule has 0 aliphatic heterocycles. The Labute approximate surface area is 206 Å². The predicted molar refractivity (Wildman–Crippen MR) is 139 cm³/mol. The van der Waals surface area contributed by atoms with Gasteiger partial charge in [-0.05, 0) is 73.2 Å². The van der Waals surface area contributed by atoms with Gasteiger partial charge in [-0.25, -0.2) is 0 Å². The molecule has 0 aliphatic carbocycles. The van der Waals surface area contributed by atoms with Gasteiger partial charge in [0.1, 0.15) is 5.75 Å². The van der Waals surface area contributed by atoms with Gasteiger partial charge in [-0.2, -0.15) is 8.78 Å². The van der Waals surface area contributed by atoms with Crippen molar-refractivity contribution in [1.29, 1.82) is 0 Å². The first-order valence-electron chi connectivity index (χ1n) is 11.6. The van der Waals surface area contributed by atoms with Crippen LogP contribution in [0.25, 0.3) is 5.57 Å². The Morgan fingerprint density at radius 2 is 1.79 bits per heavy atom. The Balaban J connectivity index is 0.00000529. The number of allylic oxidation sites excluding steroid dienone is 7.